The number of aliphatic hydroxyl groups excluding tert-OH is 1. The summed E-state index contributed by atoms with van der Waals surface area (Å²) in [5.74, 6) is -0.678. The zero-order valence-electron chi connectivity index (χ0n) is 12.2. The van der Waals surface area contributed by atoms with E-state index in [1.165, 1.54) is 14.2 Å². The number of hydrogen-bond donors (Lipinski definition) is 3. The van der Waals surface area contributed by atoms with Crippen LogP contribution in [-0.4, -0.2) is 49.0 Å². The summed E-state index contributed by atoms with van der Waals surface area (Å²) in [5, 5.41) is 20.2. The highest BCUT2D eigenvalue weighted by molar-refractivity contribution is 5.95. The molecule has 116 valence electrons. The maximum atomic E-state index is 12.0. The quantitative estimate of drug-likeness (QED) is 0.680. The molecule has 0 bridgehead atoms. The Bertz CT molecular complexity index is 503. The molecule has 0 aliphatic rings. The van der Waals surface area contributed by atoms with Gasteiger partial charge in [-0.1, -0.05) is 0 Å². The molecule has 7 heteroatoms. The van der Waals surface area contributed by atoms with E-state index in [0.29, 0.717) is 17.1 Å². The van der Waals surface area contributed by atoms with Gasteiger partial charge in [-0.05, 0) is 19.1 Å². The van der Waals surface area contributed by atoms with Crippen molar-refractivity contribution in [3.63, 3.8) is 0 Å². The highest BCUT2D eigenvalue weighted by atomic mass is 16.5. The average Bonchev–Trinajstić information content (AvgIpc) is 2.46. The number of carbonyl (C=O) groups is 2. The first kappa shape index (κ1) is 16.8. The number of aliphatic hydroxyl groups is 1. The predicted molar refractivity (Wildman–Crippen MR) is 74.9 cm³/mol. The maximum Gasteiger partial charge on any atom is 0.332 e. The summed E-state index contributed by atoms with van der Waals surface area (Å²) in [6.45, 7) is 1.85. The van der Waals surface area contributed by atoms with Crippen molar-refractivity contribution in [2.24, 2.45) is 0 Å². The minimum Gasteiger partial charge on any atom is -0.496 e. The monoisotopic (exact) mass is 297 g/mol. The molecule has 0 radical (unpaired) electrons. The molecule has 0 aromatic heterocycles. The van der Waals surface area contributed by atoms with Gasteiger partial charge in [0.15, 0.2) is 6.10 Å². The first-order valence-electron chi connectivity index (χ1n) is 6.32. The number of benzene rings is 1. The van der Waals surface area contributed by atoms with Crippen molar-refractivity contribution in [2.45, 2.75) is 19.4 Å². The Kier molecular flexibility index (Phi) is 5.98. The smallest absolute Gasteiger partial charge is 0.332 e. The molecule has 1 amide bonds. The first-order chi connectivity index (χ1) is 9.90. The SMILES string of the molecule is COc1cc(C(=O)NCCC(O)C(=O)O)cc(OC)c1C. The molecule has 0 aliphatic carbocycles. The minimum atomic E-state index is -1.49. The predicted octanol–water partition coefficient (Wildman–Crippen LogP) is 0.578. The van der Waals surface area contributed by atoms with Gasteiger partial charge in [-0.15, -0.1) is 0 Å². The van der Waals surface area contributed by atoms with E-state index in [0.717, 1.165) is 5.56 Å². The number of hydrogen-bond acceptors (Lipinski definition) is 5. The summed E-state index contributed by atoms with van der Waals surface area (Å²) in [6, 6.07) is 3.14. The highest BCUT2D eigenvalue weighted by Crippen LogP contribution is 2.29. The Labute approximate surface area is 122 Å². The lowest BCUT2D eigenvalue weighted by atomic mass is 10.1. The Morgan fingerprint density at radius 1 is 1.24 bits per heavy atom. The Morgan fingerprint density at radius 2 is 1.76 bits per heavy atom. The molecule has 0 saturated heterocycles. The molecule has 0 heterocycles. The van der Waals surface area contributed by atoms with Crippen molar-refractivity contribution in [3.05, 3.63) is 23.3 Å². The van der Waals surface area contributed by atoms with E-state index < -0.39 is 18.0 Å². The van der Waals surface area contributed by atoms with Crippen LogP contribution in [0.3, 0.4) is 0 Å². The molecule has 1 aromatic carbocycles. The summed E-state index contributed by atoms with van der Waals surface area (Å²) in [4.78, 5) is 22.4. The molecular weight excluding hydrogens is 278 g/mol. The van der Waals surface area contributed by atoms with Crippen LogP contribution in [0.2, 0.25) is 0 Å². The molecule has 1 rings (SSSR count). The second-order valence-electron chi connectivity index (χ2n) is 4.40. The van der Waals surface area contributed by atoms with Gasteiger partial charge in [0, 0.05) is 24.1 Å². The third-order valence-electron chi connectivity index (χ3n) is 3.00. The van der Waals surface area contributed by atoms with Gasteiger partial charge in [-0.25, -0.2) is 4.79 Å². The van der Waals surface area contributed by atoms with Gasteiger partial charge >= 0.3 is 5.97 Å². The fourth-order valence-corrected chi connectivity index (χ4v) is 1.77. The number of methoxy groups -OCH3 is 2. The van der Waals surface area contributed by atoms with Crippen LogP contribution < -0.4 is 14.8 Å². The zero-order chi connectivity index (χ0) is 16.0. The van der Waals surface area contributed by atoms with E-state index >= 15 is 0 Å². The van der Waals surface area contributed by atoms with Gasteiger partial charge in [-0.2, -0.15) is 0 Å². The molecule has 0 fully saturated rings. The lowest BCUT2D eigenvalue weighted by molar-refractivity contribution is -0.146. The molecule has 3 N–H and O–H groups in total. The lowest BCUT2D eigenvalue weighted by Gasteiger charge is -2.13. The van der Waals surface area contributed by atoms with Crippen LogP contribution in [0.25, 0.3) is 0 Å². The highest BCUT2D eigenvalue weighted by Gasteiger charge is 2.15. The van der Waals surface area contributed by atoms with E-state index in [2.05, 4.69) is 5.32 Å². The molecule has 1 aromatic rings. The van der Waals surface area contributed by atoms with Gasteiger partial charge in [0.1, 0.15) is 11.5 Å². The van der Waals surface area contributed by atoms with Crippen LogP contribution in [-0.2, 0) is 4.79 Å². The summed E-state index contributed by atoms with van der Waals surface area (Å²) < 4.78 is 10.3. The normalized spacial score (nSPS) is 11.6. The second kappa shape index (κ2) is 7.49. The third-order valence-corrected chi connectivity index (χ3v) is 3.00. The van der Waals surface area contributed by atoms with Crippen molar-refractivity contribution in [1.29, 1.82) is 0 Å². The van der Waals surface area contributed by atoms with Gasteiger partial charge in [0.05, 0.1) is 14.2 Å². The van der Waals surface area contributed by atoms with Crippen molar-refractivity contribution < 1.29 is 29.3 Å². The van der Waals surface area contributed by atoms with Gasteiger partial charge in [0.25, 0.3) is 5.91 Å². The Balaban J connectivity index is 2.76. The number of carboxylic acid groups (broad SMARTS) is 1. The molecule has 1 atom stereocenters. The van der Waals surface area contributed by atoms with E-state index in [4.69, 9.17) is 19.7 Å². The van der Waals surface area contributed by atoms with Gasteiger partial charge in [-0.3, -0.25) is 4.79 Å². The molecule has 0 aliphatic heterocycles. The number of amides is 1. The first-order valence-corrected chi connectivity index (χ1v) is 6.32. The number of nitrogens with one attached hydrogen (secondary N) is 1. The third kappa shape index (κ3) is 4.35. The zero-order valence-corrected chi connectivity index (χ0v) is 12.2. The van der Waals surface area contributed by atoms with E-state index in [-0.39, 0.29) is 13.0 Å². The number of aliphatic carboxylic acids is 1. The molecule has 7 nitrogen and oxygen atoms in total. The summed E-state index contributed by atoms with van der Waals surface area (Å²) >= 11 is 0. The number of carboxylic acids is 1. The van der Waals surface area contributed by atoms with Crippen LogP contribution in [0.5, 0.6) is 11.5 Å². The lowest BCUT2D eigenvalue weighted by Crippen LogP contribution is -2.30. The number of rotatable bonds is 7. The van der Waals surface area contributed by atoms with Crippen LogP contribution in [0.15, 0.2) is 12.1 Å². The summed E-state index contributed by atoms with van der Waals surface area (Å²) in [7, 11) is 2.99. The van der Waals surface area contributed by atoms with Crippen molar-refractivity contribution >= 4 is 11.9 Å². The maximum absolute atomic E-state index is 12.0. The fourth-order valence-electron chi connectivity index (χ4n) is 1.77. The number of ether oxygens (including phenoxy) is 2. The Morgan fingerprint density at radius 3 is 2.19 bits per heavy atom. The topological polar surface area (TPSA) is 105 Å². The average molecular weight is 297 g/mol. The molecule has 0 saturated carbocycles. The van der Waals surface area contributed by atoms with E-state index in [1.54, 1.807) is 12.1 Å². The standard InChI is InChI=1S/C14H19NO6/c1-8-11(20-2)6-9(7-12(8)21-3)13(17)15-5-4-10(16)14(18)19/h6-7,10,16H,4-5H2,1-3H3,(H,15,17)(H,18,19). The fraction of sp³-hybridized carbons (Fsp3) is 0.429. The molecule has 0 spiro atoms. The Hall–Kier alpha value is -2.28. The van der Waals surface area contributed by atoms with Crippen LogP contribution in [0.4, 0.5) is 0 Å². The second-order valence-corrected chi connectivity index (χ2v) is 4.40. The minimum absolute atomic E-state index is 0.0464. The van der Waals surface area contributed by atoms with Crippen LogP contribution >= 0.6 is 0 Å². The van der Waals surface area contributed by atoms with Crippen LogP contribution in [0.1, 0.15) is 22.3 Å². The summed E-state index contributed by atoms with van der Waals surface area (Å²) in [6.07, 6.45) is -1.56. The molecule has 1 unspecified atom stereocenters. The molecular formula is C14H19NO6. The van der Waals surface area contributed by atoms with Crippen molar-refractivity contribution in [1.82, 2.24) is 5.32 Å². The largest absolute Gasteiger partial charge is 0.496 e. The molecule has 21 heavy (non-hydrogen) atoms. The van der Waals surface area contributed by atoms with Crippen molar-refractivity contribution in [3.8, 4) is 11.5 Å². The van der Waals surface area contributed by atoms with E-state index in [9.17, 15) is 9.59 Å². The summed E-state index contributed by atoms with van der Waals surface area (Å²) in [5.41, 5.74) is 1.11. The van der Waals surface area contributed by atoms with Crippen LogP contribution in [0, 0.1) is 6.92 Å². The van der Waals surface area contributed by atoms with Gasteiger partial charge in [0.2, 0.25) is 0 Å². The van der Waals surface area contributed by atoms with Gasteiger partial charge < -0.3 is 25.0 Å². The van der Waals surface area contributed by atoms with E-state index in [1.807, 2.05) is 6.92 Å². The number of carbonyl (C=O) groups excluding carboxylic acids is 1. The van der Waals surface area contributed by atoms with Crippen molar-refractivity contribution in [2.75, 3.05) is 20.8 Å².